The van der Waals surface area contributed by atoms with Crippen LogP contribution in [0.15, 0.2) is 42.7 Å². The number of aromatic nitrogens is 2. The molecule has 2 fully saturated rings. The van der Waals surface area contributed by atoms with Crippen molar-refractivity contribution in [1.29, 1.82) is 0 Å². The molecule has 5 heteroatoms. The number of likely N-dealkylation sites (tertiary alicyclic amines) is 2. The maximum atomic E-state index is 12.9. The average Bonchev–Trinajstić information content (AvgIpc) is 3.35. The topological polar surface area (TPSA) is 41.4 Å². The maximum absolute atomic E-state index is 12.9. The van der Waals surface area contributed by atoms with Crippen LogP contribution in [-0.4, -0.2) is 50.7 Å². The van der Waals surface area contributed by atoms with Crippen molar-refractivity contribution >= 4 is 5.91 Å². The predicted octanol–water partition coefficient (Wildman–Crippen LogP) is 2.69. The molecule has 1 aromatic heterocycles. The van der Waals surface area contributed by atoms with E-state index in [1.165, 1.54) is 18.4 Å². The molecule has 132 valence electrons. The molecule has 0 radical (unpaired) electrons. The first kappa shape index (κ1) is 16.3. The maximum Gasteiger partial charge on any atom is 0.257 e. The Balaban J connectivity index is 1.50. The molecule has 25 heavy (non-hydrogen) atoms. The van der Waals surface area contributed by atoms with Gasteiger partial charge in [-0.3, -0.25) is 14.4 Å². The molecule has 1 aromatic carbocycles. The van der Waals surface area contributed by atoms with E-state index in [1.807, 2.05) is 13.2 Å². The number of aryl methyl sites for hydroxylation is 1. The fourth-order valence-electron chi connectivity index (χ4n) is 4.44. The number of rotatable bonds is 4. The largest absolute Gasteiger partial charge is 0.334 e. The van der Waals surface area contributed by atoms with Gasteiger partial charge >= 0.3 is 0 Å². The summed E-state index contributed by atoms with van der Waals surface area (Å²) in [6, 6.07) is 11.5. The molecule has 4 rings (SSSR count). The van der Waals surface area contributed by atoms with Crippen LogP contribution in [0.1, 0.15) is 41.6 Å². The molecule has 2 aromatic rings. The van der Waals surface area contributed by atoms with Crippen molar-refractivity contribution < 1.29 is 4.79 Å². The number of carbonyl (C=O) groups excluding carboxylic acids is 1. The molecule has 5 nitrogen and oxygen atoms in total. The van der Waals surface area contributed by atoms with Crippen LogP contribution in [0.25, 0.3) is 0 Å². The predicted molar refractivity (Wildman–Crippen MR) is 97.1 cm³/mol. The third kappa shape index (κ3) is 3.33. The summed E-state index contributed by atoms with van der Waals surface area (Å²) >= 11 is 0. The second-order valence-corrected chi connectivity index (χ2v) is 7.28. The summed E-state index contributed by atoms with van der Waals surface area (Å²) in [5, 5.41) is 4.16. The van der Waals surface area contributed by atoms with Crippen molar-refractivity contribution in [1.82, 2.24) is 19.6 Å². The fourth-order valence-corrected chi connectivity index (χ4v) is 4.44. The second kappa shape index (κ2) is 7.00. The first-order valence-corrected chi connectivity index (χ1v) is 9.30. The number of amides is 1. The summed E-state index contributed by atoms with van der Waals surface area (Å²) in [5.41, 5.74) is 2.07. The molecular formula is C20H26N4O. The molecule has 0 saturated carbocycles. The smallest absolute Gasteiger partial charge is 0.257 e. The number of hydrogen-bond acceptors (Lipinski definition) is 3. The first-order chi connectivity index (χ1) is 12.2. The minimum absolute atomic E-state index is 0.141. The first-order valence-electron chi connectivity index (χ1n) is 9.30. The van der Waals surface area contributed by atoms with Crippen molar-refractivity contribution in [3.63, 3.8) is 0 Å². The molecule has 0 unspecified atom stereocenters. The zero-order chi connectivity index (χ0) is 17.2. The number of benzene rings is 1. The molecule has 2 aliphatic rings. The Labute approximate surface area is 149 Å². The zero-order valence-corrected chi connectivity index (χ0v) is 14.8. The average molecular weight is 338 g/mol. The van der Waals surface area contributed by atoms with E-state index < -0.39 is 0 Å². The normalized spacial score (nSPS) is 24.1. The van der Waals surface area contributed by atoms with Crippen LogP contribution in [0.3, 0.4) is 0 Å². The Morgan fingerprint density at radius 1 is 1.12 bits per heavy atom. The minimum Gasteiger partial charge on any atom is -0.334 e. The van der Waals surface area contributed by atoms with Crippen molar-refractivity contribution in [2.75, 3.05) is 13.1 Å². The van der Waals surface area contributed by atoms with Crippen LogP contribution >= 0.6 is 0 Å². The molecule has 0 spiro atoms. The highest BCUT2D eigenvalue weighted by molar-refractivity contribution is 5.94. The molecular weight excluding hydrogens is 312 g/mol. The van der Waals surface area contributed by atoms with Crippen LogP contribution in [0, 0.1) is 0 Å². The van der Waals surface area contributed by atoms with Crippen LogP contribution in [0.5, 0.6) is 0 Å². The minimum atomic E-state index is 0.141. The van der Waals surface area contributed by atoms with Gasteiger partial charge in [0.2, 0.25) is 0 Å². The summed E-state index contributed by atoms with van der Waals surface area (Å²) in [5.74, 6) is 0.141. The Morgan fingerprint density at radius 2 is 1.88 bits per heavy atom. The second-order valence-electron chi connectivity index (χ2n) is 7.28. The molecule has 0 N–H and O–H groups in total. The van der Waals surface area contributed by atoms with Gasteiger partial charge < -0.3 is 4.90 Å². The highest BCUT2D eigenvalue weighted by Crippen LogP contribution is 2.32. The zero-order valence-electron chi connectivity index (χ0n) is 14.8. The highest BCUT2D eigenvalue weighted by Gasteiger charge is 2.40. The standard InChI is InChI=1S/C20H26N4O/c1-22-15-17(13-21-22)20(25)24-12-6-10-19(24)18-9-5-11-23(18)14-16-7-3-2-4-8-16/h2-4,7-8,13,15,18-19H,5-6,9-12,14H2,1H3/t18-,19+/m0/s1. The molecule has 0 aliphatic carbocycles. The summed E-state index contributed by atoms with van der Waals surface area (Å²) in [4.78, 5) is 17.6. The molecule has 2 saturated heterocycles. The Morgan fingerprint density at radius 3 is 2.64 bits per heavy atom. The van der Waals surface area contributed by atoms with Gasteiger partial charge in [-0.1, -0.05) is 30.3 Å². The van der Waals surface area contributed by atoms with Crippen molar-refractivity contribution in [3.05, 3.63) is 53.9 Å². The third-order valence-corrected chi connectivity index (χ3v) is 5.60. The van der Waals surface area contributed by atoms with Crippen LogP contribution in [0.4, 0.5) is 0 Å². The van der Waals surface area contributed by atoms with Crippen LogP contribution < -0.4 is 0 Å². The van der Waals surface area contributed by atoms with Crippen LogP contribution in [-0.2, 0) is 13.6 Å². The number of nitrogens with zero attached hydrogens (tertiary/aromatic N) is 4. The van der Waals surface area contributed by atoms with Crippen LogP contribution in [0.2, 0.25) is 0 Å². The molecule has 3 heterocycles. The third-order valence-electron chi connectivity index (χ3n) is 5.60. The molecule has 2 atom stereocenters. The Kier molecular flexibility index (Phi) is 4.57. The fraction of sp³-hybridized carbons (Fsp3) is 0.500. The van der Waals surface area contributed by atoms with Gasteiger partial charge in [-0.2, -0.15) is 5.10 Å². The lowest BCUT2D eigenvalue weighted by Crippen LogP contribution is -2.48. The molecule has 1 amide bonds. The van der Waals surface area contributed by atoms with Gasteiger partial charge in [-0.05, 0) is 37.8 Å². The van der Waals surface area contributed by atoms with E-state index in [9.17, 15) is 4.79 Å². The van der Waals surface area contributed by atoms with Crippen molar-refractivity contribution in [2.24, 2.45) is 7.05 Å². The van der Waals surface area contributed by atoms with E-state index in [0.717, 1.165) is 32.5 Å². The van der Waals surface area contributed by atoms with E-state index >= 15 is 0 Å². The molecule has 2 aliphatic heterocycles. The van der Waals surface area contributed by atoms with Gasteiger partial charge in [0, 0.05) is 38.4 Å². The van der Waals surface area contributed by atoms with E-state index in [1.54, 1.807) is 10.9 Å². The van der Waals surface area contributed by atoms with Gasteiger partial charge in [-0.25, -0.2) is 0 Å². The lowest BCUT2D eigenvalue weighted by molar-refractivity contribution is 0.0639. The molecule has 0 bridgehead atoms. The monoisotopic (exact) mass is 338 g/mol. The van der Waals surface area contributed by atoms with E-state index in [2.05, 4.69) is 45.2 Å². The Hall–Kier alpha value is -2.14. The van der Waals surface area contributed by atoms with Gasteiger partial charge in [0.15, 0.2) is 0 Å². The number of hydrogen-bond donors (Lipinski definition) is 0. The summed E-state index contributed by atoms with van der Waals surface area (Å²) in [6.07, 6.45) is 8.15. The van der Waals surface area contributed by atoms with Gasteiger partial charge in [-0.15, -0.1) is 0 Å². The summed E-state index contributed by atoms with van der Waals surface area (Å²) in [7, 11) is 1.86. The summed E-state index contributed by atoms with van der Waals surface area (Å²) < 4.78 is 1.70. The summed E-state index contributed by atoms with van der Waals surface area (Å²) in [6.45, 7) is 2.98. The lowest BCUT2D eigenvalue weighted by Gasteiger charge is -2.35. The lowest BCUT2D eigenvalue weighted by atomic mass is 10.0. The van der Waals surface area contributed by atoms with Crippen molar-refractivity contribution in [2.45, 2.75) is 44.3 Å². The quantitative estimate of drug-likeness (QED) is 0.861. The van der Waals surface area contributed by atoms with E-state index in [-0.39, 0.29) is 5.91 Å². The van der Waals surface area contributed by atoms with Gasteiger partial charge in [0.05, 0.1) is 11.8 Å². The van der Waals surface area contributed by atoms with E-state index in [0.29, 0.717) is 17.6 Å². The highest BCUT2D eigenvalue weighted by atomic mass is 16.2. The van der Waals surface area contributed by atoms with E-state index in [4.69, 9.17) is 0 Å². The number of carbonyl (C=O) groups is 1. The SMILES string of the molecule is Cn1cc(C(=O)N2CCC[C@@H]2[C@@H]2CCCN2Cc2ccccc2)cn1. The van der Waals surface area contributed by atoms with Crippen molar-refractivity contribution in [3.8, 4) is 0 Å². The van der Waals surface area contributed by atoms with Gasteiger partial charge in [0.25, 0.3) is 5.91 Å². The van der Waals surface area contributed by atoms with Gasteiger partial charge in [0.1, 0.15) is 0 Å². The Bertz CT molecular complexity index is 726.